The molecule has 0 saturated carbocycles. The molecule has 0 aromatic heterocycles. The number of quaternary nitrogens is 1. The maximum Gasteiger partial charge on any atom is 0.434 e. The van der Waals surface area contributed by atoms with Gasteiger partial charge in [0.1, 0.15) is 0 Å². The number of ether oxygens (including phenoxy) is 2. The summed E-state index contributed by atoms with van der Waals surface area (Å²) in [7, 11) is -1.92. The Kier molecular flexibility index (Phi) is 8.31. The molecule has 0 spiro atoms. The van der Waals surface area contributed by atoms with Crippen LogP contribution in [0.5, 0.6) is 11.5 Å². The molecule has 0 bridgehead atoms. The molecule has 0 radical (unpaired) electrons. The molecule has 10 heteroatoms. The second-order valence-corrected chi connectivity index (χ2v) is 4.66. The van der Waals surface area contributed by atoms with E-state index in [0.717, 1.165) is 30.0 Å². The standard InChI is InChI=1S/C11H17N3O2.H2O4S/c1-15-9-4-3-8(7-10(9)16-2)5-6-14-11(12)13;1-5(2,3)4/h3-4,7H,5-6H2,1-2H3,(H4,12,13,14);(H2,1,2,3,4). The second-order valence-electron chi connectivity index (χ2n) is 3.84. The van der Waals surface area contributed by atoms with Gasteiger partial charge in [0, 0.05) is 16.8 Å². The van der Waals surface area contributed by atoms with Crippen LogP contribution in [0.15, 0.2) is 18.2 Å². The maximum atomic E-state index is 8.52. The average molecular weight is 321 g/mol. The predicted molar refractivity (Wildman–Crippen MR) is 71.6 cm³/mol. The fourth-order valence-corrected chi connectivity index (χ4v) is 1.44. The highest BCUT2D eigenvalue weighted by Gasteiger charge is 2.05. The smallest absolute Gasteiger partial charge is 0.434 e. The summed E-state index contributed by atoms with van der Waals surface area (Å²) < 4.78 is 44.5. The molecule has 6 N–H and O–H groups in total. The molecule has 0 heterocycles. The first-order valence-corrected chi connectivity index (χ1v) is 7.09. The minimum atomic E-state index is -5.17. The van der Waals surface area contributed by atoms with Gasteiger partial charge < -0.3 is 18.6 Å². The zero-order valence-corrected chi connectivity index (χ0v) is 12.6. The van der Waals surface area contributed by atoms with Crippen LogP contribution in [0.25, 0.3) is 0 Å². The highest BCUT2D eigenvalue weighted by Crippen LogP contribution is 2.27. The van der Waals surface area contributed by atoms with Gasteiger partial charge in [-0.1, -0.05) is 6.07 Å². The molecule has 120 valence electrons. The Hall–Kier alpha value is -1.88. The molecule has 1 aromatic rings. The van der Waals surface area contributed by atoms with E-state index in [-0.39, 0.29) is 0 Å². The molecule has 0 fully saturated rings. The number of methoxy groups -OCH3 is 2. The van der Waals surface area contributed by atoms with Gasteiger partial charge in [0.2, 0.25) is 0 Å². The Labute approximate surface area is 123 Å². The third-order valence-corrected chi connectivity index (χ3v) is 2.26. The SMILES string of the molecule is COc1ccc(CC[NH2+]C(N)=[NH2+])cc1OC.O=S(=O)([O-])[O-]. The van der Waals surface area contributed by atoms with Gasteiger partial charge in [-0.15, -0.1) is 0 Å². The first-order chi connectivity index (χ1) is 9.67. The number of hydrogen-bond acceptors (Lipinski definition) is 6. The van der Waals surface area contributed by atoms with Gasteiger partial charge in [-0.25, -0.2) is 16.5 Å². The Bertz CT molecular complexity index is 553. The number of benzene rings is 1. The molecule has 0 aliphatic heterocycles. The Balaban J connectivity index is 0.000000690. The molecule has 1 rings (SSSR count). The fraction of sp³-hybridized carbons (Fsp3) is 0.364. The number of rotatable bonds is 5. The third-order valence-electron chi connectivity index (χ3n) is 2.26. The summed E-state index contributed by atoms with van der Waals surface area (Å²) in [5.74, 6) is 1.84. The van der Waals surface area contributed by atoms with Crippen molar-refractivity contribution in [3.8, 4) is 11.5 Å². The van der Waals surface area contributed by atoms with Gasteiger partial charge >= 0.3 is 5.96 Å². The van der Waals surface area contributed by atoms with Gasteiger partial charge in [-0.05, 0) is 17.7 Å². The van der Waals surface area contributed by atoms with E-state index in [4.69, 9.17) is 38.1 Å². The van der Waals surface area contributed by atoms with E-state index >= 15 is 0 Å². The van der Waals surface area contributed by atoms with Crippen molar-refractivity contribution in [2.45, 2.75) is 6.42 Å². The van der Waals surface area contributed by atoms with Crippen molar-refractivity contribution in [1.82, 2.24) is 0 Å². The van der Waals surface area contributed by atoms with Crippen LogP contribution in [-0.4, -0.2) is 44.2 Å². The minimum Gasteiger partial charge on any atom is -0.759 e. The van der Waals surface area contributed by atoms with Crippen LogP contribution >= 0.6 is 0 Å². The monoisotopic (exact) mass is 321 g/mol. The van der Waals surface area contributed by atoms with Crippen molar-refractivity contribution >= 4 is 16.4 Å². The normalized spacial score (nSPS) is 10.3. The van der Waals surface area contributed by atoms with E-state index in [9.17, 15) is 0 Å². The molecular weight excluding hydrogens is 302 g/mol. The number of nitrogens with two attached hydrogens (primary N) is 3. The fourth-order valence-electron chi connectivity index (χ4n) is 1.44. The molecule has 0 saturated heterocycles. The van der Waals surface area contributed by atoms with Crippen molar-refractivity contribution in [2.24, 2.45) is 5.73 Å². The Morgan fingerprint density at radius 1 is 1.29 bits per heavy atom. The second kappa shape index (κ2) is 9.13. The molecule has 0 unspecified atom stereocenters. The van der Waals surface area contributed by atoms with Gasteiger partial charge in [0.25, 0.3) is 0 Å². The number of guanidine groups is 1. The van der Waals surface area contributed by atoms with Crippen LogP contribution in [0.1, 0.15) is 5.56 Å². The van der Waals surface area contributed by atoms with Crippen molar-refractivity contribution in [3.05, 3.63) is 23.8 Å². The zero-order valence-electron chi connectivity index (χ0n) is 11.7. The third kappa shape index (κ3) is 10.6. The van der Waals surface area contributed by atoms with Gasteiger partial charge in [0.05, 0.1) is 20.8 Å². The molecule has 9 nitrogen and oxygen atoms in total. The minimum absolute atomic E-state index is 0.362. The van der Waals surface area contributed by atoms with Crippen LogP contribution in [0.3, 0.4) is 0 Å². The van der Waals surface area contributed by atoms with Gasteiger partial charge in [-0.3, -0.25) is 8.42 Å². The summed E-state index contributed by atoms with van der Waals surface area (Å²) >= 11 is 0. The summed E-state index contributed by atoms with van der Waals surface area (Å²) in [6.45, 7) is 0.817. The summed E-state index contributed by atoms with van der Waals surface area (Å²) in [4.78, 5) is 0. The Morgan fingerprint density at radius 3 is 2.24 bits per heavy atom. The lowest BCUT2D eigenvalue weighted by molar-refractivity contribution is -0.567. The van der Waals surface area contributed by atoms with Gasteiger partial charge in [0.15, 0.2) is 11.5 Å². The van der Waals surface area contributed by atoms with E-state index in [1.54, 1.807) is 19.5 Å². The predicted octanol–water partition coefficient (Wildman–Crippen LogP) is -3.45. The molecule has 0 aliphatic carbocycles. The highest BCUT2D eigenvalue weighted by atomic mass is 32.3. The van der Waals surface area contributed by atoms with Crippen LogP contribution in [0, 0.1) is 0 Å². The molecule has 0 amide bonds. The zero-order chi connectivity index (χ0) is 16.5. The van der Waals surface area contributed by atoms with Crippen LogP contribution < -0.4 is 25.9 Å². The van der Waals surface area contributed by atoms with E-state index < -0.39 is 10.4 Å². The quantitative estimate of drug-likeness (QED) is 0.219. The van der Waals surface area contributed by atoms with Crippen molar-refractivity contribution in [1.29, 1.82) is 0 Å². The molecule has 0 aliphatic rings. The summed E-state index contributed by atoms with van der Waals surface area (Å²) in [6.07, 6.45) is 0.873. The van der Waals surface area contributed by atoms with Crippen molar-refractivity contribution in [3.63, 3.8) is 0 Å². The Morgan fingerprint density at radius 2 is 1.81 bits per heavy atom. The molecule has 21 heavy (non-hydrogen) atoms. The van der Waals surface area contributed by atoms with Crippen LogP contribution in [0.4, 0.5) is 0 Å². The molecule has 0 atom stereocenters. The first-order valence-electron chi connectivity index (χ1n) is 5.76. The lowest BCUT2D eigenvalue weighted by Crippen LogP contribution is -2.97. The first kappa shape index (κ1) is 19.1. The van der Waals surface area contributed by atoms with E-state index in [1.807, 2.05) is 18.2 Å². The summed E-state index contributed by atoms with van der Waals surface area (Å²) in [6, 6.07) is 5.85. The van der Waals surface area contributed by atoms with Crippen molar-refractivity contribution < 1.29 is 37.7 Å². The topological polar surface area (TPSA) is 167 Å². The molecule has 1 aromatic carbocycles. The molecular formula is C11H19N3O6S. The van der Waals surface area contributed by atoms with E-state index in [0.29, 0.717) is 5.96 Å². The highest BCUT2D eigenvalue weighted by molar-refractivity contribution is 7.79. The van der Waals surface area contributed by atoms with Crippen molar-refractivity contribution in [2.75, 3.05) is 20.8 Å². The van der Waals surface area contributed by atoms with Gasteiger partial charge in [-0.2, -0.15) is 0 Å². The van der Waals surface area contributed by atoms with Crippen LogP contribution in [-0.2, 0) is 16.8 Å². The number of hydrogen-bond donors (Lipinski definition) is 3. The lowest BCUT2D eigenvalue weighted by atomic mass is 10.1. The largest absolute Gasteiger partial charge is 0.759 e. The van der Waals surface area contributed by atoms with E-state index in [2.05, 4.69) is 0 Å². The summed E-state index contributed by atoms with van der Waals surface area (Å²) in [5, 5.41) is 7.15. The maximum absolute atomic E-state index is 8.52. The van der Waals surface area contributed by atoms with E-state index in [1.165, 1.54) is 0 Å². The lowest BCUT2D eigenvalue weighted by Gasteiger charge is -2.08. The average Bonchev–Trinajstić information content (AvgIpc) is 2.36. The summed E-state index contributed by atoms with van der Waals surface area (Å²) in [5.41, 5.74) is 6.51. The van der Waals surface area contributed by atoms with Crippen LogP contribution in [0.2, 0.25) is 0 Å².